The number of carbonyl (C=O) groups excluding carboxylic acids is 2. The Labute approximate surface area is 200 Å². The number of nitrogens with zero attached hydrogens (tertiary/aromatic N) is 1. The van der Waals surface area contributed by atoms with E-state index in [-0.39, 0.29) is 29.7 Å². The fraction of sp³-hybridized carbons (Fsp3) is 0.190. The van der Waals surface area contributed by atoms with E-state index in [1.165, 1.54) is 0 Å². The van der Waals surface area contributed by atoms with Crippen LogP contribution in [-0.4, -0.2) is 24.4 Å². The Morgan fingerprint density at radius 2 is 2.07 bits per heavy atom. The Morgan fingerprint density at radius 3 is 2.77 bits per heavy atom. The van der Waals surface area contributed by atoms with Gasteiger partial charge in [0.05, 0.1) is 21.7 Å². The largest absolute Gasteiger partial charge is 0.490 e. The number of aliphatic imine (C=N–C) groups is 1. The standard InChI is InChI=1S/C21H16BrClINO5/c1-3-18(26)29-19-14(22)7-11(9-17(19)28-4-2)8-16-21(27)30-20(25-16)13-10-12(24)5-6-15(13)23/h5-10H,3-4H2,1-2H3/b16-8+. The predicted molar refractivity (Wildman–Crippen MR) is 126 cm³/mol. The lowest BCUT2D eigenvalue weighted by Gasteiger charge is -2.13. The van der Waals surface area contributed by atoms with Crippen molar-refractivity contribution < 1.29 is 23.8 Å². The minimum absolute atomic E-state index is 0.118. The van der Waals surface area contributed by atoms with Crippen LogP contribution >= 0.6 is 50.1 Å². The second kappa shape index (κ2) is 9.93. The van der Waals surface area contributed by atoms with E-state index in [4.69, 9.17) is 25.8 Å². The lowest BCUT2D eigenvalue weighted by Crippen LogP contribution is -2.08. The van der Waals surface area contributed by atoms with Gasteiger partial charge < -0.3 is 14.2 Å². The Bertz CT molecular complexity index is 1080. The van der Waals surface area contributed by atoms with Crippen LogP contribution in [0.4, 0.5) is 0 Å². The van der Waals surface area contributed by atoms with Gasteiger partial charge in [-0.05, 0) is 87.4 Å². The molecule has 0 saturated heterocycles. The van der Waals surface area contributed by atoms with Gasteiger partial charge in [-0.3, -0.25) is 4.79 Å². The average Bonchev–Trinajstić information content (AvgIpc) is 3.06. The summed E-state index contributed by atoms with van der Waals surface area (Å²) in [6, 6.07) is 8.73. The van der Waals surface area contributed by atoms with Gasteiger partial charge in [0.1, 0.15) is 0 Å². The van der Waals surface area contributed by atoms with Crippen LogP contribution in [0.2, 0.25) is 5.02 Å². The molecule has 30 heavy (non-hydrogen) atoms. The second-order valence-corrected chi connectivity index (χ2v) is 8.56. The minimum atomic E-state index is -0.588. The Kier molecular flexibility index (Phi) is 7.54. The number of hydrogen-bond donors (Lipinski definition) is 0. The second-order valence-electron chi connectivity index (χ2n) is 6.05. The van der Waals surface area contributed by atoms with Crippen LogP contribution in [0.5, 0.6) is 11.5 Å². The van der Waals surface area contributed by atoms with Gasteiger partial charge in [-0.2, -0.15) is 0 Å². The highest BCUT2D eigenvalue weighted by atomic mass is 127. The lowest BCUT2D eigenvalue weighted by atomic mass is 10.1. The van der Waals surface area contributed by atoms with Crippen molar-refractivity contribution >= 4 is 74.0 Å². The van der Waals surface area contributed by atoms with Crippen molar-refractivity contribution in [1.82, 2.24) is 0 Å². The third-order valence-corrected chi connectivity index (χ3v) is 5.51. The summed E-state index contributed by atoms with van der Waals surface area (Å²) in [7, 11) is 0. The molecular formula is C21H16BrClINO5. The van der Waals surface area contributed by atoms with Crippen molar-refractivity contribution in [2.24, 2.45) is 4.99 Å². The quantitative estimate of drug-likeness (QED) is 0.181. The topological polar surface area (TPSA) is 74.2 Å². The zero-order valence-corrected chi connectivity index (χ0v) is 20.5. The molecule has 0 fully saturated rings. The minimum Gasteiger partial charge on any atom is -0.490 e. The monoisotopic (exact) mass is 603 g/mol. The molecule has 6 nitrogen and oxygen atoms in total. The maximum atomic E-state index is 12.3. The summed E-state index contributed by atoms with van der Waals surface area (Å²) < 4.78 is 17.7. The van der Waals surface area contributed by atoms with E-state index >= 15 is 0 Å². The molecule has 2 aromatic rings. The average molecular weight is 605 g/mol. The molecule has 1 aliphatic heterocycles. The SMILES string of the molecule is CCOc1cc(/C=C2/N=C(c3cc(I)ccc3Cl)OC2=O)cc(Br)c1OC(=O)CC. The van der Waals surface area contributed by atoms with E-state index in [9.17, 15) is 9.59 Å². The predicted octanol–water partition coefficient (Wildman–Crippen LogP) is 5.77. The number of hydrogen-bond acceptors (Lipinski definition) is 6. The summed E-state index contributed by atoms with van der Waals surface area (Å²) in [6.07, 6.45) is 1.80. The normalized spacial score (nSPS) is 14.5. The van der Waals surface area contributed by atoms with Crippen molar-refractivity contribution in [3.63, 3.8) is 0 Å². The molecule has 0 atom stereocenters. The molecule has 0 aliphatic carbocycles. The van der Waals surface area contributed by atoms with Crippen LogP contribution in [-0.2, 0) is 14.3 Å². The molecule has 9 heteroatoms. The third-order valence-electron chi connectivity index (χ3n) is 3.92. The highest BCUT2D eigenvalue weighted by Gasteiger charge is 2.26. The first kappa shape index (κ1) is 22.8. The van der Waals surface area contributed by atoms with Gasteiger partial charge in [-0.1, -0.05) is 18.5 Å². The fourth-order valence-electron chi connectivity index (χ4n) is 2.56. The molecule has 0 unspecified atom stereocenters. The zero-order chi connectivity index (χ0) is 21.8. The smallest absolute Gasteiger partial charge is 0.363 e. The lowest BCUT2D eigenvalue weighted by molar-refractivity contribution is -0.134. The van der Waals surface area contributed by atoms with E-state index in [0.717, 1.165) is 3.57 Å². The molecule has 1 aliphatic rings. The number of carbonyl (C=O) groups is 2. The van der Waals surface area contributed by atoms with E-state index < -0.39 is 5.97 Å². The van der Waals surface area contributed by atoms with Crippen LogP contribution in [0.15, 0.2) is 45.5 Å². The third kappa shape index (κ3) is 5.22. The van der Waals surface area contributed by atoms with Gasteiger partial charge in [0.15, 0.2) is 17.2 Å². The highest BCUT2D eigenvalue weighted by Crippen LogP contribution is 2.38. The summed E-state index contributed by atoms with van der Waals surface area (Å²) in [5.74, 6) is -0.167. The Hall–Kier alpha value is -1.91. The molecule has 156 valence electrons. The summed E-state index contributed by atoms with van der Waals surface area (Å²) in [4.78, 5) is 28.4. The highest BCUT2D eigenvalue weighted by molar-refractivity contribution is 14.1. The van der Waals surface area contributed by atoms with Crippen LogP contribution in [0.3, 0.4) is 0 Å². The maximum absolute atomic E-state index is 12.3. The fourth-order valence-corrected chi connectivity index (χ4v) is 3.79. The van der Waals surface area contributed by atoms with Crippen molar-refractivity contribution in [2.75, 3.05) is 6.61 Å². The van der Waals surface area contributed by atoms with Gasteiger partial charge in [0.25, 0.3) is 0 Å². The summed E-state index contributed by atoms with van der Waals surface area (Å²) >= 11 is 11.8. The molecule has 0 saturated carbocycles. The van der Waals surface area contributed by atoms with Crippen LogP contribution in [0.1, 0.15) is 31.4 Å². The van der Waals surface area contributed by atoms with Crippen LogP contribution in [0.25, 0.3) is 6.08 Å². The summed E-state index contributed by atoms with van der Waals surface area (Å²) in [5, 5.41) is 0.437. The number of rotatable bonds is 6. The number of halogens is 3. The molecule has 0 radical (unpaired) electrons. The number of esters is 2. The molecule has 1 heterocycles. The molecule has 2 aromatic carbocycles. The molecule has 0 aromatic heterocycles. The summed E-state index contributed by atoms with van der Waals surface area (Å²) in [6.45, 7) is 3.90. The number of ether oxygens (including phenoxy) is 3. The molecule has 0 bridgehead atoms. The first-order chi connectivity index (χ1) is 14.3. The summed E-state index contributed by atoms with van der Waals surface area (Å²) in [5.41, 5.74) is 1.28. The van der Waals surface area contributed by atoms with Gasteiger partial charge >= 0.3 is 11.9 Å². The Morgan fingerprint density at radius 1 is 1.30 bits per heavy atom. The Balaban J connectivity index is 1.99. The van der Waals surface area contributed by atoms with Gasteiger partial charge in [-0.15, -0.1) is 0 Å². The molecular weight excluding hydrogens is 588 g/mol. The first-order valence-corrected chi connectivity index (χ1v) is 11.2. The molecule has 0 N–H and O–H groups in total. The number of cyclic esters (lactones) is 1. The van der Waals surface area contributed by atoms with Gasteiger partial charge in [-0.25, -0.2) is 9.79 Å². The van der Waals surface area contributed by atoms with Crippen LogP contribution < -0.4 is 9.47 Å². The van der Waals surface area contributed by atoms with Crippen molar-refractivity contribution in [1.29, 1.82) is 0 Å². The van der Waals surface area contributed by atoms with E-state index in [1.807, 2.05) is 13.0 Å². The van der Waals surface area contributed by atoms with Gasteiger partial charge in [0, 0.05) is 9.99 Å². The van der Waals surface area contributed by atoms with E-state index in [2.05, 4.69) is 43.5 Å². The molecule has 3 rings (SSSR count). The molecule has 0 amide bonds. The van der Waals surface area contributed by atoms with E-state index in [1.54, 1.807) is 37.3 Å². The zero-order valence-electron chi connectivity index (χ0n) is 16.0. The van der Waals surface area contributed by atoms with Crippen molar-refractivity contribution in [2.45, 2.75) is 20.3 Å². The van der Waals surface area contributed by atoms with E-state index in [0.29, 0.717) is 33.0 Å². The van der Waals surface area contributed by atoms with Crippen molar-refractivity contribution in [3.05, 3.63) is 60.2 Å². The number of benzene rings is 2. The van der Waals surface area contributed by atoms with Crippen molar-refractivity contribution in [3.8, 4) is 11.5 Å². The van der Waals surface area contributed by atoms with Gasteiger partial charge in [0.2, 0.25) is 5.90 Å². The maximum Gasteiger partial charge on any atom is 0.363 e. The van der Waals surface area contributed by atoms with Crippen LogP contribution in [0, 0.1) is 3.57 Å². The first-order valence-electron chi connectivity index (χ1n) is 8.97. The molecule has 0 spiro atoms.